The third kappa shape index (κ3) is 2.72. The third-order valence-electron chi connectivity index (χ3n) is 2.73. The Bertz CT molecular complexity index is 346. The number of carboxylic acid groups (broad SMARTS) is 1. The van der Waals surface area contributed by atoms with Crippen molar-refractivity contribution in [1.29, 1.82) is 0 Å². The first-order valence-corrected chi connectivity index (χ1v) is 5.81. The van der Waals surface area contributed by atoms with Crippen LogP contribution < -0.4 is 4.90 Å². The quantitative estimate of drug-likeness (QED) is 0.859. The van der Waals surface area contributed by atoms with Crippen molar-refractivity contribution in [3.8, 4) is 0 Å². The van der Waals surface area contributed by atoms with E-state index in [4.69, 9.17) is 5.11 Å². The van der Waals surface area contributed by atoms with E-state index in [1.54, 1.807) is 6.07 Å². The monoisotopic (exact) mass is 227 g/mol. The van der Waals surface area contributed by atoms with Crippen LogP contribution in [0.5, 0.6) is 0 Å². The van der Waals surface area contributed by atoms with Gasteiger partial charge in [-0.2, -0.15) is 0 Å². The summed E-state index contributed by atoms with van der Waals surface area (Å²) < 4.78 is 0. The zero-order valence-electron chi connectivity index (χ0n) is 9.52. The van der Waals surface area contributed by atoms with E-state index in [2.05, 4.69) is 25.7 Å². The van der Waals surface area contributed by atoms with Crippen LogP contribution in [0.1, 0.15) is 30.4 Å². The van der Waals surface area contributed by atoms with Gasteiger partial charge >= 0.3 is 5.97 Å². The minimum absolute atomic E-state index is 0.396. The number of carbonyl (C=O) groups is 1. The average molecular weight is 227 g/mol. The summed E-state index contributed by atoms with van der Waals surface area (Å²) in [6, 6.07) is 3.93. The summed E-state index contributed by atoms with van der Waals surface area (Å²) >= 11 is 1.32. The number of aromatic carboxylic acids is 1. The molecule has 0 radical (unpaired) electrons. The minimum Gasteiger partial charge on any atom is -0.477 e. The largest absolute Gasteiger partial charge is 0.477 e. The van der Waals surface area contributed by atoms with Crippen LogP contribution >= 0.6 is 11.3 Å². The summed E-state index contributed by atoms with van der Waals surface area (Å²) in [6.45, 7) is 6.46. The van der Waals surface area contributed by atoms with E-state index in [1.807, 2.05) is 13.1 Å². The van der Waals surface area contributed by atoms with Crippen LogP contribution in [0.4, 0.5) is 5.00 Å². The van der Waals surface area contributed by atoms with Crippen LogP contribution in [0.25, 0.3) is 0 Å². The molecular formula is C11H17NO2S. The van der Waals surface area contributed by atoms with E-state index < -0.39 is 5.97 Å². The molecule has 0 saturated heterocycles. The SMILES string of the molecule is CC(C)C(C)N(C)c1ccc(C(=O)O)s1. The number of rotatable bonds is 4. The number of nitrogens with zero attached hydrogens (tertiary/aromatic N) is 1. The maximum Gasteiger partial charge on any atom is 0.345 e. The molecule has 1 heterocycles. The highest BCUT2D eigenvalue weighted by atomic mass is 32.1. The van der Waals surface area contributed by atoms with Crippen LogP contribution in [0, 0.1) is 5.92 Å². The van der Waals surface area contributed by atoms with Gasteiger partial charge in [-0.15, -0.1) is 11.3 Å². The van der Waals surface area contributed by atoms with Crippen molar-refractivity contribution in [2.75, 3.05) is 11.9 Å². The molecule has 1 N–H and O–H groups in total. The predicted molar refractivity (Wildman–Crippen MR) is 64.0 cm³/mol. The fourth-order valence-corrected chi connectivity index (χ4v) is 2.18. The van der Waals surface area contributed by atoms with Gasteiger partial charge < -0.3 is 10.0 Å². The molecule has 0 fully saturated rings. The fraction of sp³-hybridized carbons (Fsp3) is 0.545. The van der Waals surface area contributed by atoms with E-state index in [9.17, 15) is 4.79 Å². The van der Waals surface area contributed by atoms with Crippen LogP contribution in [0.2, 0.25) is 0 Å². The summed E-state index contributed by atoms with van der Waals surface area (Å²) in [6.07, 6.45) is 0. The van der Waals surface area contributed by atoms with Crippen molar-refractivity contribution in [1.82, 2.24) is 0 Å². The second-order valence-corrected chi connectivity index (χ2v) is 5.10. The number of carboxylic acids is 1. The summed E-state index contributed by atoms with van der Waals surface area (Å²) in [5.74, 6) is -0.303. The Morgan fingerprint density at radius 3 is 2.40 bits per heavy atom. The topological polar surface area (TPSA) is 40.5 Å². The zero-order valence-corrected chi connectivity index (χ0v) is 10.3. The molecule has 3 nitrogen and oxygen atoms in total. The van der Waals surface area contributed by atoms with Crippen molar-refractivity contribution in [2.24, 2.45) is 5.92 Å². The Morgan fingerprint density at radius 1 is 1.40 bits per heavy atom. The van der Waals surface area contributed by atoms with Crippen LogP contribution in [-0.2, 0) is 0 Å². The molecule has 1 unspecified atom stereocenters. The summed E-state index contributed by atoms with van der Waals surface area (Å²) in [7, 11) is 2.00. The second kappa shape index (κ2) is 4.66. The van der Waals surface area contributed by atoms with Gasteiger partial charge in [0, 0.05) is 13.1 Å². The molecule has 0 aliphatic rings. The standard InChI is InChI=1S/C11H17NO2S/c1-7(2)8(3)12(4)10-6-5-9(15-10)11(13)14/h5-8H,1-4H3,(H,13,14). The number of hydrogen-bond donors (Lipinski definition) is 1. The number of anilines is 1. The zero-order chi connectivity index (χ0) is 11.6. The van der Waals surface area contributed by atoms with Crippen molar-refractivity contribution in [3.05, 3.63) is 17.0 Å². The molecule has 1 aromatic rings. The second-order valence-electron chi connectivity index (χ2n) is 4.04. The molecule has 0 saturated carbocycles. The van der Waals surface area contributed by atoms with Gasteiger partial charge in [-0.1, -0.05) is 13.8 Å². The van der Waals surface area contributed by atoms with E-state index in [0.29, 0.717) is 16.8 Å². The summed E-state index contributed by atoms with van der Waals surface area (Å²) in [5, 5.41) is 9.83. The Labute approximate surface area is 94.3 Å². The average Bonchev–Trinajstić information content (AvgIpc) is 2.64. The number of hydrogen-bond acceptors (Lipinski definition) is 3. The lowest BCUT2D eigenvalue weighted by atomic mass is 10.1. The van der Waals surface area contributed by atoms with Crippen molar-refractivity contribution in [3.63, 3.8) is 0 Å². The van der Waals surface area contributed by atoms with E-state index >= 15 is 0 Å². The molecule has 0 spiro atoms. The molecule has 0 aliphatic heterocycles. The molecular weight excluding hydrogens is 210 g/mol. The molecule has 1 atom stereocenters. The van der Waals surface area contributed by atoms with Gasteiger partial charge in [0.25, 0.3) is 0 Å². The first kappa shape index (κ1) is 12.0. The molecule has 0 bridgehead atoms. The van der Waals surface area contributed by atoms with Gasteiger partial charge in [0.1, 0.15) is 4.88 Å². The predicted octanol–water partition coefficient (Wildman–Crippen LogP) is 2.93. The Morgan fingerprint density at radius 2 is 2.00 bits per heavy atom. The molecule has 0 amide bonds. The smallest absolute Gasteiger partial charge is 0.345 e. The third-order valence-corrected chi connectivity index (χ3v) is 3.89. The van der Waals surface area contributed by atoms with Crippen LogP contribution in [-0.4, -0.2) is 24.2 Å². The molecule has 0 aromatic carbocycles. The van der Waals surface area contributed by atoms with Crippen LogP contribution in [0.3, 0.4) is 0 Å². The molecule has 1 rings (SSSR count). The molecule has 4 heteroatoms. The molecule has 0 aliphatic carbocycles. The summed E-state index contributed by atoms with van der Waals surface area (Å²) in [4.78, 5) is 13.3. The molecule has 1 aromatic heterocycles. The molecule has 15 heavy (non-hydrogen) atoms. The van der Waals surface area contributed by atoms with Gasteiger partial charge in [-0.25, -0.2) is 4.79 Å². The normalized spacial score (nSPS) is 12.9. The molecule has 84 valence electrons. The van der Waals surface area contributed by atoms with Gasteiger partial charge in [0.05, 0.1) is 5.00 Å². The highest BCUT2D eigenvalue weighted by Gasteiger charge is 2.16. The fourth-order valence-electron chi connectivity index (χ4n) is 1.28. The van der Waals surface area contributed by atoms with Gasteiger partial charge in [0.15, 0.2) is 0 Å². The maximum absolute atomic E-state index is 10.7. The lowest BCUT2D eigenvalue weighted by Gasteiger charge is -2.28. The lowest BCUT2D eigenvalue weighted by molar-refractivity contribution is 0.0702. The van der Waals surface area contributed by atoms with Gasteiger partial charge in [0.2, 0.25) is 0 Å². The van der Waals surface area contributed by atoms with Crippen molar-refractivity contribution in [2.45, 2.75) is 26.8 Å². The van der Waals surface area contributed by atoms with Crippen LogP contribution in [0.15, 0.2) is 12.1 Å². The highest BCUT2D eigenvalue weighted by molar-refractivity contribution is 7.17. The van der Waals surface area contributed by atoms with Crippen molar-refractivity contribution < 1.29 is 9.90 Å². The van der Waals surface area contributed by atoms with Crippen molar-refractivity contribution >= 4 is 22.3 Å². The summed E-state index contributed by atoms with van der Waals surface area (Å²) in [5.41, 5.74) is 0. The van der Waals surface area contributed by atoms with E-state index in [-0.39, 0.29) is 0 Å². The highest BCUT2D eigenvalue weighted by Crippen LogP contribution is 2.27. The number of thiophene rings is 1. The Hall–Kier alpha value is -1.03. The first-order valence-electron chi connectivity index (χ1n) is 4.99. The van der Waals surface area contributed by atoms with E-state index in [0.717, 1.165) is 5.00 Å². The minimum atomic E-state index is -0.850. The van der Waals surface area contributed by atoms with Gasteiger partial charge in [-0.05, 0) is 25.0 Å². The Kier molecular flexibility index (Phi) is 3.74. The van der Waals surface area contributed by atoms with Gasteiger partial charge in [-0.3, -0.25) is 0 Å². The lowest BCUT2D eigenvalue weighted by Crippen LogP contribution is -2.32. The Balaban J connectivity index is 2.82. The maximum atomic E-state index is 10.7. The first-order chi connectivity index (χ1) is 6.93. The van der Waals surface area contributed by atoms with E-state index in [1.165, 1.54) is 11.3 Å².